The van der Waals surface area contributed by atoms with Crippen molar-refractivity contribution in [1.82, 2.24) is 5.32 Å². The van der Waals surface area contributed by atoms with E-state index in [1.807, 2.05) is 50.2 Å². The van der Waals surface area contributed by atoms with Crippen molar-refractivity contribution >= 4 is 33.2 Å². The summed E-state index contributed by atoms with van der Waals surface area (Å²) in [5.41, 5.74) is 2.20. The van der Waals surface area contributed by atoms with E-state index in [1.165, 1.54) is 11.3 Å². The van der Waals surface area contributed by atoms with Gasteiger partial charge in [0.1, 0.15) is 0 Å². The predicted octanol–water partition coefficient (Wildman–Crippen LogP) is 4.37. The topological polar surface area (TPSA) is 38.3 Å². The van der Waals surface area contributed by atoms with Gasteiger partial charge >= 0.3 is 0 Å². The van der Waals surface area contributed by atoms with Gasteiger partial charge in [-0.25, -0.2) is 0 Å². The molecule has 1 aromatic heterocycles. The van der Waals surface area contributed by atoms with Crippen LogP contribution < -0.4 is 5.32 Å². The first kappa shape index (κ1) is 16.2. The second kappa shape index (κ2) is 7.73. The predicted molar refractivity (Wildman–Crippen MR) is 89.6 cm³/mol. The zero-order chi connectivity index (χ0) is 15.2. The number of rotatable bonds is 6. The van der Waals surface area contributed by atoms with Crippen LogP contribution in [0.25, 0.3) is 0 Å². The molecule has 0 bridgehead atoms. The third-order valence-electron chi connectivity index (χ3n) is 2.93. The molecule has 0 radical (unpaired) electrons. The summed E-state index contributed by atoms with van der Waals surface area (Å²) in [7, 11) is 0. The van der Waals surface area contributed by atoms with Crippen molar-refractivity contribution in [3.8, 4) is 0 Å². The smallest absolute Gasteiger partial charge is 0.261 e. The number of halogens is 1. The summed E-state index contributed by atoms with van der Waals surface area (Å²) in [6, 6.07) is 11.7. The van der Waals surface area contributed by atoms with Crippen LogP contribution in [0.15, 0.2) is 40.2 Å². The monoisotopic (exact) mass is 367 g/mol. The Morgan fingerprint density at radius 3 is 2.57 bits per heavy atom. The molecule has 1 amide bonds. The Balaban J connectivity index is 1.98. The number of nitrogens with one attached hydrogen (secondary N) is 1. The van der Waals surface area contributed by atoms with E-state index in [9.17, 15) is 4.79 Å². The van der Waals surface area contributed by atoms with Gasteiger partial charge in [-0.15, -0.1) is 11.3 Å². The molecule has 0 saturated heterocycles. The van der Waals surface area contributed by atoms with Crippen molar-refractivity contribution in [2.24, 2.45) is 0 Å². The highest BCUT2D eigenvalue weighted by atomic mass is 79.9. The van der Waals surface area contributed by atoms with Crippen LogP contribution in [0, 0.1) is 0 Å². The Labute approximate surface area is 137 Å². The van der Waals surface area contributed by atoms with Crippen molar-refractivity contribution in [3.05, 3.63) is 56.2 Å². The molecule has 0 aliphatic carbocycles. The van der Waals surface area contributed by atoms with Crippen LogP contribution in [-0.4, -0.2) is 12.0 Å². The Kier molecular flexibility index (Phi) is 5.96. The van der Waals surface area contributed by atoms with Crippen LogP contribution in [0.2, 0.25) is 0 Å². The summed E-state index contributed by atoms with van der Waals surface area (Å²) in [6.45, 7) is 5.10. The lowest BCUT2D eigenvalue weighted by Crippen LogP contribution is -2.22. The average molecular weight is 368 g/mol. The number of ether oxygens (including phenoxy) is 1. The molecule has 0 unspecified atom stereocenters. The number of amides is 1. The number of hydrogen-bond donors (Lipinski definition) is 1. The lowest BCUT2D eigenvalue weighted by atomic mass is 10.1. The summed E-state index contributed by atoms with van der Waals surface area (Å²) in [5.74, 6) is -0.0507. The molecule has 1 N–H and O–H groups in total. The molecule has 112 valence electrons. The molecule has 0 aliphatic heterocycles. The Morgan fingerprint density at radius 2 is 1.95 bits per heavy atom. The molecular weight excluding hydrogens is 350 g/mol. The minimum atomic E-state index is -0.0507. The Bertz CT molecular complexity index is 610. The van der Waals surface area contributed by atoms with E-state index in [2.05, 4.69) is 21.2 Å². The molecule has 1 aromatic carbocycles. The summed E-state index contributed by atoms with van der Waals surface area (Å²) in [5, 5.41) is 2.95. The largest absolute Gasteiger partial charge is 0.374 e. The second-order valence-corrected chi connectivity index (χ2v) is 7.38. The van der Waals surface area contributed by atoms with Crippen LogP contribution in [0.1, 0.15) is 34.6 Å². The number of carbonyl (C=O) groups is 1. The molecule has 3 nitrogen and oxygen atoms in total. The fourth-order valence-corrected chi connectivity index (χ4v) is 3.13. The third-order valence-corrected chi connectivity index (χ3v) is 4.55. The molecule has 2 rings (SSSR count). The maximum Gasteiger partial charge on any atom is 0.261 e. The first-order valence-electron chi connectivity index (χ1n) is 6.78. The zero-order valence-electron chi connectivity index (χ0n) is 12.1. The highest BCUT2D eigenvalue weighted by molar-refractivity contribution is 9.11. The molecule has 21 heavy (non-hydrogen) atoms. The summed E-state index contributed by atoms with van der Waals surface area (Å²) in [4.78, 5) is 12.8. The number of thiophene rings is 1. The Morgan fingerprint density at radius 1 is 1.24 bits per heavy atom. The van der Waals surface area contributed by atoms with Gasteiger partial charge in [0, 0.05) is 6.54 Å². The highest BCUT2D eigenvalue weighted by Crippen LogP contribution is 2.22. The fraction of sp³-hybridized carbons (Fsp3) is 0.312. The van der Waals surface area contributed by atoms with Gasteiger partial charge in [0.25, 0.3) is 5.91 Å². The number of benzene rings is 1. The summed E-state index contributed by atoms with van der Waals surface area (Å²) < 4.78 is 6.60. The van der Waals surface area contributed by atoms with Gasteiger partial charge in [-0.2, -0.15) is 0 Å². The molecule has 0 atom stereocenters. The lowest BCUT2D eigenvalue weighted by molar-refractivity contribution is 0.0651. The standard InChI is InChI=1S/C16H18BrNO2S/c1-11(2)20-10-13-6-4-3-5-12(13)9-18-16(19)14-7-8-15(17)21-14/h3-8,11H,9-10H2,1-2H3,(H,18,19). The van der Waals surface area contributed by atoms with Crippen LogP contribution >= 0.6 is 27.3 Å². The van der Waals surface area contributed by atoms with Crippen LogP contribution in [0.4, 0.5) is 0 Å². The van der Waals surface area contributed by atoms with Crippen molar-refractivity contribution in [1.29, 1.82) is 0 Å². The van der Waals surface area contributed by atoms with Gasteiger partial charge in [0.2, 0.25) is 0 Å². The van der Waals surface area contributed by atoms with E-state index in [0.29, 0.717) is 18.0 Å². The first-order chi connectivity index (χ1) is 10.1. The van der Waals surface area contributed by atoms with Gasteiger partial charge in [0.15, 0.2) is 0 Å². The Hall–Kier alpha value is -1.17. The van der Waals surface area contributed by atoms with E-state index >= 15 is 0 Å². The van der Waals surface area contributed by atoms with Gasteiger partial charge in [-0.05, 0) is 53.0 Å². The van der Waals surface area contributed by atoms with Crippen molar-refractivity contribution in [2.75, 3.05) is 0 Å². The first-order valence-corrected chi connectivity index (χ1v) is 8.39. The molecule has 2 aromatic rings. The maximum absolute atomic E-state index is 12.1. The molecule has 0 fully saturated rings. The maximum atomic E-state index is 12.1. The van der Waals surface area contributed by atoms with E-state index in [-0.39, 0.29) is 12.0 Å². The molecule has 0 aliphatic rings. The molecule has 5 heteroatoms. The van der Waals surface area contributed by atoms with Crippen LogP contribution in [0.3, 0.4) is 0 Å². The van der Waals surface area contributed by atoms with Crippen LogP contribution in [0.5, 0.6) is 0 Å². The van der Waals surface area contributed by atoms with Gasteiger partial charge < -0.3 is 10.1 Å². The normalized spacial score (nSPS) is 10.9. The van der Waals surface area contributed by atoms with E-state index in [0.717, 1.165) is 14.9 Å². The number of hydrogen-bond acceptors (Lipinski definition) is 3. The van der Waals surface area contributed by atoms with Crippen molar-refractivity contribution < 1.29 is 9.53 Å². The van der Waals surface area contributed by atoms with E-state index in [4.69, 9.17) is 4.74 Å². The minimum Gasteiger partial charge on any atom is -0.374 e. The molecule has 0 saturated carbocycles. The summed E-state index contributed by atoms with van der Waals surface area (Å²) in [6.07, 6.45) is 0.191. The minimum absolute atomic E-state index is 0.0507. The number of carbonyl (C=O) groups excluding carboxylic acids is 1. The zero-order valence-corrected chi connectivity index (χ0v) is 14.5. The van der Waals surface area contributed by atoms with Gasteiger partial charge in [-0.3, -0.25) is 4.79 Å². The quantitative estimate of drug-likeness (QED) is 0.823. The highest BCUT2D eigenvalue weighted by Gasteiger charge is 2.09. The van der Waals surface area contributed by atoms with E-state index < -0.39 is 0 Å². The van der Waals surface area contributed by atoms with Gasteiger partial charge in [-0.1, -0.05) is 24.3 Å². The lowest BCUT2D eigenvalue weighted by Gasteiger charge is -2.12. The van der Waals surface area contributed by atoms with Crippen molar-refractivity contribution in [3.63, 3.8) is 0 Å². The molecule has 0 spiro atoms. The van der Waals surface area contributed by atoms with Crippen LogP contribution in [-0.2, 0) is 17.9 Å². The molecule has 1 heterocycles. The fourth-order valence-electron chi connectivity index (χ4n) is 1.83. The van der Waals surface area contributed by atoms with E-state index in [1.54, 1.807) is 0 Å². The third kappa shape index (κ3) is 4.95. The SMILES string of the molecule is CC(C)OCc1ccccc1CNC(=O)c1ccc(Br)s1. The molecular formula is C16H18BrNO2S. The average Bonchev–Trinajstić information content (AvgIpc) is 2.90. The second-order valence-electron chi connectivity index (χ2n) is 4.91. The van der Waals surface area contributed by atoms with Gasteiger partial charge in [0.05, 0.1) is 21.4 Å². The van der Waals surface area contributed by atoms with Crippen molar-refractivity contribution in [2.45, 2.75) is 33.1 Å². The summed E-state index contributed by atoms with van der Waals surface area (Å²) >= 11 is 4.79.